The zero-order valence-corrected chi connectivity index (χ0v) is 13.9. The van der Waals surface area contributed by atoms with Gasteiger partial charge in [0, 0.05) is 25.3 Å². The SMILES string of the molecule is Cc1cccc(Cn2cccc(C(=O)N3CCC[C@H](N)C3)c2=O)c1. The first kappa shape index (κ1) is 16.5. The third kappa shape index (κ3) is 3.57. The van der Waals surface area contributed by atoms with E-state index < -0.39 is 0 Å². The molecule has 0 saturated carbocycles. The van der Waals surface area contributed by atoms with Crippen LogP contribution >= 0.6 is 0 Å². The van der Waals surface area contributed by atoms with Crippen LogP contribution in [0.25, 0.3) is 0 Å². The number of likely N-dealkylation sites (tertiary alicyclic amines) is 1. The van der Waals surface area contributed by atoms with E-state index in [2.05, 4.69) is 0 Å². The maximum atomic E-state index is 12.7. The number of hydrogen-bond donors (Lipinski definition) is 1. The largest absolute Gasteiger partial charge is 0.337 e. The van der Waals surface area contributed by atoms with Crippen molar-refractivity contribution in [3.8, 4) is 0 Å². The number of nitrogens with two attached hydrogens (primary N) is 1. The number of benzene rings is 1. The Morgan fingerprint density at radius 3 is 2.88 bits per heavy atom. The first-order valence-corrected chi connectivity index (χ1v) is 8.34. The third-order valence-corrected chi connectivity index (χ3v) is 4.43. The van der Waals surface area contributed by atoms with E-state index in [1.807, 2.05) is 31.2 Å². The van der Waals surface area contributed by atoms with Crippen LogP contribution in [0.5, 0.6) is 0 Å². The summed E-state index contributed by atoms with van der Waals surface area (Å²) in [4.78, 5) is 27.1. The molecule has 1 saturated heterocycles. The van der Waals surface area contributed by atoms with E-state index in [4.69, 9.17) is 5.73 Å². The lowest BCUT2D eigenvalue weighted by molar-refractivity contribution is 0.0706. The van der Waals surface area contributed by atoms with Crippen LogP contribution in [0.1, 0.15) is 34.3 Å². The van der Waals surface area contributed by atoms with Crippen molar-refractivity contribution in [3.05, 3.63) is 69.6 Å². The second-order valence-electron chi connectivity index (χ2n) is 6.50. The monoisotopic (exact) mass is 325 g/mol. The van der Waals surface area contributed by atoms with Gasteiger partial charge in [0.1, 0.15) is 5.56 Å². The van der Waals surface area contributed by atoms with Crippen molar-refractivity contribution in [3.63, 3.8) is 0 Å². The normalized spacial score (nSPS) is 17.8. The Hall–Kier alpha value is -2.40. The molecule has 1 aromatic heterocycles. The molecule has 126 valence electrons. The lowest BCUT2D eigenvalue weighted by Gasteiger charge is -2.30. The van der Waals surface area contributed by atoms with Crippen molar-refractivity contribution in [2.75, 3.05) is 13.1 Å². The van der Waals surface area contributed by atoms with Crippen molar-refractivity contribution < 1.29 is 4.79 Å². The Morgan fingerprint density at radius 2 is 2.12 bits per heavy atom. The number of amides is 1. The average molecular weight is 325 g/mol. The second-order valence-corrected chi connectivity index (χ2v) is 6.50. The molecule has 2 N–H and O–H groups in total. The summed E-state index contributed by atoms with van der Waals surface area (Å²) in [7, 11) is 0. The van der Waals surface area contributed by atoms with Gasteiger partial charge in [-0.1, -0.05) is 29.8 Å². The van der Waals surface area contributed by atoms with Gasteiger partial charge in [0.2, 0.25) is 0 Å². The Kier molecular flexibility index (Phi) is 4.81. The van der Waals surface area contributed by atoms with Gasteiger partial charge < -0.3 is 15.2 Å². The van der Waals surface area contributed by atoms with Crippen molar-refractivity contribution >= 4 is 5.91 Å². The van der Waals surface area contributed by atoms with E-state index in [9.17, 15) is 9.59 Å². The van der Waals surface area contributed by atoms with E-state index in [0.717, 1.165) is 24.0 Å². The lowest BCUT2D eigenvalue weighted by atomic mass is 10.1. The van der Waals surface area contributed by atoms with Crippen LogP contribution in [0.2, 0.25) is 0 Å². The number of aryl methyl sites for hydroxylation is 1. The zero-order valence-electron chi connectivity index (χ0n) is 13.9. The van der Waals surface area contributed by atoms with E-state index in [-0.39, 0.29) is 23.1 Å². The fourth-order valence-electron chi connectivity index (χ4n) is 3.20. The predicted octanol–water partition coefficient (Wildman–Crippen LogP) is 1.77. The maximum Gasteiger partial charge on any atom is 0.263 e. The summed E-state index contributed by atoms with van der Waals surface area (Å²) in [6, 6.07) is 11.4. The minimum absolute atomic E-state index is 0.000863. The Bertz CT molecular complexity index is 797. The summed E-state index contributed by atoms with van der Waals surface area (Å²) >= 11 is 0. The number of hydrogen-bond acceptors (Lipinski definition) is 3. The van der Waals surface area contributed by atoms with E-state index in [1.54, 1.807) is 27.8 Å². The fourth-order valence-corrected chi connectivity index (χ4v) is 3.20. The molecule has 5 heteroatoms. The molecule has 1 aliphatic rings. The first-order chi connectivity index (χ1) is 11.5. The van der Waals surface area contributed by atoms with Crippen molar-refractivity contribution in [1.29, 1.82) is 0 Å². The van der Waals surface area contributed by atoms with E-state index in [0.29, 0.717) is 19.6 Å². The van der Waals surface area contributed by atoms with Crippen molar-refractivity contribution in [2.24, 2.45) is 5.73 Å². The minimum atomic E-state index is -0.247. The Labute approximate surface area is 141 Å². The first-order valence-electron chi connectivity index (χ1n) is 8.34. The highest BCUT2D eigenvalue weighted by Gasteiger charge is 2.24. The average Bonchev–Trinajstić information content (AvgIpc) is 2.56. The van der Waals surface area contributed by atoms with Crippen LogP contribution in [0.15, 0.2) is 47.4 Å². The van der Waals surface area contributed by atoms with Gasteiger partial charge in [-0.05, 0) is 37.5 Å². The number of aromatic nitrogens is 1. The Morgan fingerprint density at radius 1 is 1.29 bits per heavy atom. The molecule has 1 fully saturated rings. The van der Waals surface area contributed by atoms with Crippen LogP contribution in [-0.4, -0.2) is 34.5 Å². The molecular weight excluding hydrogens is 302 g/mol. The van der Waals surface area contributed by atoms with Crippen molar-refractivity contribution in [2.45, 2.75) is 32.4 Å². The standard InChI is InChI=1S/C19H23N3O2/c1-14-5-2-6-15(11-14)12-21-10-4-8-17(18(21)23)19(24)22-9-3-7-16(20)13-22/h2,4-6,8,10-11,16H,3,7,9,12-13,20H2,1H3/t16-/m0/s1. The van der Waals surface area contributed by atoms with Gasteiger partial charge in [0.25, 0.3) is 11.5 Å². The number of carbonyl (C=O) groups is 1. The smallest absolute Gasteiger partial charge is 0.263 e. The van der Waals surface area contributed by atoms with Gasteiger partial charge in [-0.15, -0.1) is 0 Å². The third-order valence-electron chi connectivity index (χ3n) is 4.43. The number of carbonyl (C=O) groups excluding carboxylic acids is 1. The number of pyridine rings is 1. The van der Waals surface area contributed by atoms with Gasteiger partial charge >= 0.3 is 0 Å². The van der Waals surface area contributed by atoms with Gasteiger partial charge in [0.05, 0.1) is 6.54 Å². The van der Waals surface area contributed by atoms with Crippen molar-refractivity contribution in [1.82, 2.24) is 9.47 Å². The molecule has 0 spiro atoms. The molecule has 1 amide bonds. The highest BCUT2D eigenvalue weighted by atomic mass is 16.2. The summed E-state index contributed by atoms with van der Waals surface area (Å²) in [5.41, 5.74) is 8.11. The summed E-state index contributed by atoms with van der Waals surface area (Å²) in [5, 5.41) is 0. The van der Waals surface area contributed by atoms with Gasteiger partial charge in [-0.25, -0.2) is 0 Å². The molecule has 0 bridgehead atoms. The number of nitrogens with zero attached hydrogens (tertiary/aromatic N) is 2. The molecule has 0 aliphatic carbocycles. The molecule has 5 nitrogen and oxygen atoms in total. The van der Waals surface area contributed by atoms with Crippen LogP contribution in [0, 0.1) is 6.92 Å². The van der Waals surface area contributed by atoms with Crippen LogP contribution < -0.4 is 11.3 Å². The molecule has 0 unspecified atom stereocenters. The van der Waals surface area contributed by atoms with Crippen LogP contribution in [0.3, 0.4) is 0 Å². The van der Waals surface area contributed by atoms with Gasteiger partial charge in [-0.3, -0.25) is 9.59 Å². The van der Waals surface area contributed by atoms with Crippen LogP contribution in [-0.2, 0) is 6.54 Å². The fraction of sp³-hybridized carbons (Fsp3) is 0.368. The zero-order chi connectivity index (χ0) is 17.1. The lowest BCUT2D eigenvalue weighted by Crippen LogP contribution is -2.47. The minimum Gasteiger partial charge on any atom is -0.337 e. The molecule has 1 aliphatic heterocycles. The van der Waals surface area contributed by atoms with Crippen LogP contribution in [0.4, 0.5) is 0 Å². The summed E-state index contributed by atoms with van der Waals surface area (Å²) < 4.78 is 1.59. The number of piperidine rings is 1. The topological polar surface area (TPSA) is 68.3 Å². The molecule has 1 aromatic carbocycles. The highest BCUT2D eigenvalue weighted by Crippen LogP contribution is 2.11. The summed E-state index contributed by atoms with van der Waals surface area (Å²) in [5.74, 6) is -0.214. The Balaban J connectivity index is 1.85. The van der Waals surface area contributed by atoms with E-state index in [1.165, 1.54) is 0 Å². The predicted molar refractivity (Wildman–Crippen MR) is 94.1 cm³/mol. The van der Waals surface area contributed by atoms with E-state index >= 15 is 0 Å². The molecule has 1 atom stereocenters. The van der Waals surface area contributed by atoms with Gasteiger partial charge in [-0.2, -0.15) is 0 Å². The molecule has 2 heterocycles. The number of rotatable bonds is 3. The molecule has 0 radical (unpaired) electrons. The van der Waals surface area contributed by atoms with Gasteiger partial charge in [0.15, 0.2) is 0 Å². The molecule has 24 heavy (non-hydrogen) atoms. The molecule has 3 rings (SSSR count). The maximum absolute atomic E-state index is 12.7. The molecular formula is C19H23N3O2. The summed E-state index contributed by atoms with van der Waals surface area (Å²) in [6.07, 6.45) is 3.54. The second kappa shape index (κ2) is 7.01. The quantitative estimate of drug-likeness (QED) is 0.935. The summed E-state index contributed by atoms with van der Waals surface area (Å²) in [6.45, 7) is 3.66. The highest BCUT2D eigenvalue weighted by molar-refractivity contribution is 5.93. The molecule has 2 aromatic rings.